The number of ketones is 1. The third-order valence-electron chi connectivity index (χ3n) is 2.84. The second kappa shape index (κ2) is 4.68. The van der Waals surface area contributed by atoms with Gasteiger partial charge in [-0.1, -0.05) is 0 Å². The van der Waals surface area contributed by atoms with E-state index in [4.69, 9.17) is 4.74 Å². The molecule has 5 nitrogen and oxygen atoms in total. The molecule has 0 saturated carbocycles. The second-order valence-electron chi connectivity index (χ2n) is 4.32. The number of fused-ring (bicyclic) bond motifs is 1. The Bertz CT molecular complexity index is 499. The SMILES string of the molecule is CNc1ccc2c(c1)N(CC(C)=O)C(=O)C(C)O2. The molecule has 1 amide bonds. The first-order valence-corrected chi connectivity index (χ1v) is 5.82. The van der Waals surface area contributed by atoms with Crippen LogP contribution >= 0.6 is 0 Å². The van der Waals surface area contributed by atoms with E-state index in [1.165, 1.54) is 11.8 Å². The lowest BCUT2D eigenvalue weighted by Crippen LogP contribution is -2.46. The van der Waals surface area contributed by atoms with E-state index in [1.54, 1.807) is 20.0 Å². The Kier molecular flexibility index (Phi) is 3.23. The molecular formula is C13H16N2O3. The molecule has 0 aliphatic carbocycles. The molecule has 1 aromatic carbocycles. The van der Waals surface area contributed by atoms with Crippen molar-refractivity contribution in [1.82, 2.24) is 0 Å². The quantitative estimate of drug-likeness (QED) is 0.879. The Hall–Kier alpha value is -2.04. The zero-order chi connectivity index (χ0) is 13.3. The number of benzene rings is 1. The summed E-state index contributed by atoms with van der Waals surface area (Å²) in [7, 11) is 1.80. The summed E-state index contributed by atoms with van der Waals surface area (Å²) in [5.41, 5.74) is 1.51. The molecule has 0 saturated heterocycles. The van der Waals surface area contributed by atoms with Crippen LogP contribution in [0.2, 0.25) is 0 Å². The van der Waals surface area contributed by atoms with Crippen molar-refractivity contribution in [3.05, 3.63) is 18.2 Å². The largest absolute Gasteiger partial charge is 0.479 e. The van der Waals surface area contributed by atoms with Crippen LogP contribution < -0.4 is 15.0 Å². The normalized spacial score (nSPS) is 18.1. The number of amides is 1. The highest BCUT2D eigenvalue weighted by Gasteiger charge is 2.32. The minimum Gasteiger partial charge on any atom is -0.479 e. The molecule has 1 aliphatic rings. The van der Waals surface area contributed by atoms with Crippen molar-refractivity contribution in [1.29, 1.82) is 0 Å². The zero-order valence-electron chi connectivity index (χ0n) is 10.7. The summed E-state index contributed by atoms with van der Waals surface area (Å²) >= 11 is 0. The highest BCUT2D eigenvalue weighted by atomic mass is 16.5. The summed E-state index contributed by atoms with van der Waals surface area (Å²) in [4.78, 5) is 24.8. The van der Waals surface area contributed by atoms with Gasteiger partial charge in [-0.2, -0.15) is 0 Å². The maximum absolute atomic E-state index is 12.1. The van der Waals surface area contributed by atoms with Gasteiger partial charge in [-0.3, -0.25) is 14.5 Å². The molecule has 1 aromatic rings. The summed E-state index contributed by atoms with van der Waals surface area (Å²) in [6.45, 7) is 3.23. The minimum absolute atomic E-state index is 0.0572. The molecule has 96 valence electrons. The molecule has 0 fully saturated rings. The van der Waals surface area contributed by atoms with Crippen LogP contribution in [0, 0.1) is 0 Å². The molecule has 0 aromatic heterocycles. The summed E-state index contributed by atoms with van der Waals surface area (Å²) in [5.74, 6) is 0.381. The molecule has 2 rings (SSSR count). The van der Waals surface area contributed by atoms with Gasteiger partial charge in [0.05, 0.1) is 12.2 Å². The van der Waals surface area contributed by atoms with Gasteiger partial charge in [-0.05, 0) is 32.0 Å². The first-order valence-electron chi connectivity index (χ1n) is 5.82. The number of nitrogens with zero attached hydrogens (tertiary/aromatic N) is 1. The van der Waals surface area contributed by atoms with Crippen molar-refractivity contribution < 1.29 is 14.3 Å². The fraction of sp³-hybridized carbons (Fsp3) is 0.385. The van der Waals surface area contributed by atoms with Gasteiger partial charge in [0.1, 0.15) is 11.5 Å². The summed E-state index contributed by atoms with van der Waals surface area (Å²) in [6, 6.07) is 5.48. The van der Waals surface area contributed by atoms with E-state index in [-0.39, 0.29) is 18.2 Å². The lowest BCUT2D eigenvalue weighted by Gasteiger charge is -2.32. The smallest absolute Gasteiger partial charge is 0.268 e. The third-order valence-corrected chi connectivity index (χ3v) is 2.84. The average Bonchev–Trinajstić information content (AvgIpc) is 2.34. The zero-order valence-corrected chi connectivity index (χ0v) is 10.7. The van der Waals surface area contributed by atoms with E-state index in [0.29, 0.717) is 11.4 Å². The number of nitrogens with one attached hydrogen (secondary N) is 1. The first kappa shape index (κ1) is 12.4. The van der Waals surface area contributed by atoms with E-state index >= 15 is 0 Å². The monoisotopic (exact) mass is 248 g/mol. The van der Waals surface area contributed by atoms with E-state index in [0.717, 1.165) is 5.69 Å². The molecule has 0 bridgehead atoms. The van der Waals surface area contributed by atoms with Gasteiger partial charge < -0.3 is 10.1 Å². The van der Waals surface area contributed by atoms with Crippen LogP contribution in [0.25, 0.3) is 0 Å². The van der Waals surface area contributed by atoms with Crippen LogP contribution in [0.15, 0.2) is 18.2 Å². The number of hydrogen-bond acceptors (Lipinski definition) is 4. The second-order valence-corrected chi connectivity index (χ2v) is 4.32. The summed E-state index contributed by atoms with van der Waals surface area (Å²) in [5, 5.41) is 3.00. The van der Waals surface area contributed by atoms with Crippen molar-refractivity contribution in [2.75, 3.05) is 23.8 Å². The lowest BCUT2D eigenvalue weighted by molar-refractivity contribution is -0.127. The topological polar surface area (TPSA) is 58.6 Å². The fourth-order valence-corrected chi connectivity index (χ4v) is 1.95. The molecule has 0 radical (unpaired) electrons. The van der Waals surface area contributed by atoms with Crippen LogP contribution in [-0.2, 0) is 9.59 Å². The Balaban J connectivity index is 2.45. The van der Waals surface area contributed by atoms with Crippen molar-refractivity contribution in [3.8, 4) is 5.75 Å². The Morgan fingerprint density at radius 2 is 2.22 bits per heavy atom. The highest BCUT2D eigenvalue weighted by molar-refractivity contribution is 6.04. The van der Waals surface area contributed by atoms with Gasteiger partial charge in [-0.25, -0.2) is 0 Å². The van der Waals surface area contributed by atoms with Gasteiger partial charge in [-0.15, -0.1) is 0 Å². The van der Waals surface area contributed by atoms with Crippen molar-refractivity contribution in [2.24, 2.45) is 0 Å². The van der Waals surface area contributed by atoms with Crippen molar-refractivity contribution in [2.45, 2.75) is 20.0 Å². The number of hydrogen-bond donors (Lipinski definition) is 1. The number of rotatable bonds is 3. The van der Waals surface area contributed by atoms with Crippen LogP contribution in [0.1, 0.15) is 13.8 Å². The molecule has 1 atom stereocenters. The number of carbonyl (C=O) groups is 2. The molecule has 18 heavy (non-hydrogen) atoms. The number of ether oxygens (including phenoxy) is 1. The highest BCUT2D eigenvalue weighted by Crippen LogP contribution is 2.36. The summed E-state index contributed by atoms with van der Waals surface area (Å²) < 4.78 is 5.53. The van der Waals surface area contributed by atoms with Gasteiger partial charge >= 0.3 is 0 Å². The first-order chi connectivity index (χ1) is 8.52. The van der Waals surface area contributed by atoms with Crippen LogP contribution in [-0.4, -0.2) is 31.4 Å². The van der Waals surface area contributed by atoms with Crippen LogP contribution in [0.3, 0.4) is 0 Å². The number of anilines is 2. The number of carbonyl (C=O) groups excluding carboxylic acids is 2. The molecule has 1 aliphatic heterocycles. The molecule has 1 unspecified atom stereocenters. The van der Waals surface area contributed by atoms with Gasteiger partial charge in [0.25, 0.3) is 5.91 Å². The van der Waals surface area contributed by atoms with Crippen LogP contribution in [0.4, 0.5) is 11.4 Å². The predicted octanol–water partition coefficient (Wildman–Crippen LogP) is 1.43. The van der Waals surface area contributed by atoms with Gasteiger partial charge in [0.2, 0.25) is 0 Å². The van der Waals surface area contributed by atoms with E-state index in [2.05, 4.69) is 5.32 Å². The molecule has 1 N–H and O–H groups in total. The number of Topliss-reactive ketones (excluding diaryl/α,β-unsaturated/α-hetero) is 1. The minimum atomic E-state index is -0.558. The molecule has 0 spiro atoms. The van der Waals surface area contributed by atoms with Crippen molar-refractivity contribution in [3.63, 3.8) is 0 Å². The average molecular weight is 248 g/mol. The third kappa shape index (κ3) is 2.16. The van der Waals surface area contributed by atoms with Gasteiger partial charge in [0, 0.05) is 12.7 Å². The summed E-state index contributed by atoms with van der Waals surface area (Å²) in [6.07, 6.45) is -0.558. The molecule has 1 heterocycles. The van der Waals surface area contributed by atoms with E-state index in [1.807, 2.05) is 12.1 Å². The predicted molar refractivity (Wildman–Crippen MR) is 69.1 cm³/mol. The van der Waals surface area contributed by atoms with Crippen LogP contribution in [0.5, 0.6) is 5.75 Å². The Morgan fingerprint density at radius 3 is 2.83 bits per heavy atom. The van der Waals surface area contributed by atoms with E-state index < -0.39 is 6.10 Å². The van der Waals surface area contributed by atoms with Crippen molar-refractivity contribution >= 4 is 23.1 Å². The van der Waals surface area contributed by atoms with E-state index in [9.17, 15) is 9.59 Å². The Labute approximate surface area is 106 Å². The van der Waals surface area contributed by atoms with Gasteiger partial charge in [0.15, 0.2) is 6.10 Å². The maximum atomic E-state index is 12.1. The Morgan fingerprint density at radius 1 is 1.50 bits per heavy atom. The molecule has 5 heteroatoms. The molecular weight excluding hydrogens is 232 g/mol. The fourth-order valence-electron chi connectivity index (χ4n) is 1.95. The lowest BCUT2D eigenvalue weighted by atomic mass is 10.1. The standard InChI is InChI=1S/C13H16N2O3/c1-8(16)7-15-11-6-10(14-3)4-5-12(11)18-9(2)13(15)17/h4-6,9,14H,7H2,1-3H3. The maximum Gasteiger partial charge on any atom is 0.268 e.